The molecular formula is C12H9FN6O2. The average Bonchev–Trinajstić information content (AvgIpc) is 2.48. The molecule has 0 fully saturated rings. The first-order valence-corrected chi connectivity index (χ1v) is 5.64. The Morgan fingerprint density at radius 2 is 2.14 bits per heavy atom. The summed E-state index contributed by atoms with van der Waals surface area (Å²) in [6.45, 7) is 0. The molecule has 0 amide bonds. The minimum atomic E-state index is -0.726. The van der Waals surface area contributed by atoms with E-state index in [1.54, 1.807) is 6.07 Å². The molecule has 2 rings (SSSR count). The Bertz CT molecular complexity index is 743. The molecule has 0 radical (unpaired) electrons. The van der Waals surface area contributed by atoms with Crippen LogP contribution in [0.4, 0.5) is 27.4 Å². The van der Waals surface area contributed by atoms with E-state index in [9.17, 15) is 14.5 Å². The van der Waals surface area contributed by atoms with Gasteiger partial charge in [-0.2, -0.15) is 5.26 Å². The third kappa shape index (κ3) is 3.02. The highest BCUT2D eigenvalue weighted by Crippen LogP contribution is 2.28. The van der Waals surface area contributed by atoms with E-state index in [-0.39, 0.29) is 28.6 Å². The van der Waals surface area contributed by atoms with Gasteiger partial charge in [0.25, 0.3) is 0 Å². The number of pyridine rings is 1. The van der Waals surface area contributed by atoms with Gasteiger partial charge in [-0.15, -0.1) is 0 Å². The summed E-state index contributed by atoms with van der Waals surface area (Å²) in [4.78, 5) is 14.1. The van der Waals surface area contributed by atoms with Crippen molar-refractivity contribution in [2.75, 3.05) is 10.7 Å². The van der Waals surface area contributed by atoms with E-state index in [2.05, 4.69) is 15.7 Å². The van der Waals surface area contributed by atoms with Crippen molar-refractivity contribution in [3.63, 3.8) is 0 Å². The van der Waals surface area contributed by atoms with E-state index in [0.29, 0.717) is 0 Å². The molecule has 8 nitrogen and oxygen atoms in total. The first-order valence-electron chi connectivity index (χ1n) is 5.64. The van der Waals surface area contributed by atoms with Crippen LogP contribution in [0.15, 0.2) is 30.3 Å². The van der Waals surface area contributed by atoms with Gasteiger partial charge in [-0.3, -0.25) is 10.1 Å². The Morgan fingerprint density at radius 3 is 2.71 bits per heavy atom. The highest BCUT2D eigenvalue weighted by atomic mass is 19.1. The zero-order valence-corrected chi connectivity index (χ0v) is 10.5. The highest BCUT2D eigenvalue weighted by molar-refractivity contribution is 5.68. The van der Waals surface area contributed by atoms with Crippen molar-refractivity contribution in [1.29, 1.82) is 5.26 Å². The minimum Gasteiger partial charge on any atom is -0.332 e. The zero-order chi connectivity index (χ0) is 15.4. The third-order valence-corrected chi connectivity index (χ3v) is 2.57. The van der Waals surface area contributed by atoms with Crippen molar-refractivity contribution in [2.24, 2.45) is 5.84 Å². The monoisotopic (exact) mass is 288 g/mol. The Balaban J connectivity index is 2.43. The van der Waals surface area contributed by atoms with Gasteiger partial charge in [0.1, 0.15) is 11.6 Å². The molecule has 106 valence electrons. The number of hydrogen-bond donors (Lipinski definition) is 3. The molecule has 0 saturated heterocycles. The first-order chi connectivity index (χ1) is 10.0. The maximum absolute atomic E-state index is 13.8. The van der Waals surface area contributed by atoms with E-state index in [4.69, 9.17) is 11.1 Å². The zero-order valence-electron chi connectivity index (χ0n) is 10.5. The van der Waals surface area contributed by atoms with E-state index in [1.165, 1.54) is 24.3 Å². The van der Waals surface area contributed by atoms with Crippen molar-refractivity contribution in [3.05, 3.63) is 51.8 Å². The summed E-state index contributed by atoms with van der Waals surface area (Å²) >= 11 is 0. The number of nitro groups is 1. The van der Waals surface area contributed by atoms with E-state index < -0.39 is 10.7 Å². The number of halogens is 1. The highest BCUT2D eigenvalue weighted by Gasteiger charge is 2.17. The summed E-state index contributed by atoms with van der Waals surface area (Å²) in [5, 5.41) is 22.1. The van der Waals surface area contributed by atoms with Crippen LogP contribution in [0.1, 0.15) is 5.56 Å². The summed E-state index contributed by atoms with van der Waals surface area (Å²) in [5.41, 5.74) is 2.00. The number of nitrogens with zero attached hydrogens (tertiary/aromatic N) is 3. The fourth-order valence-corrected chi connectivity index (χ4v) is 1.59. The molecule has 21 heavy (non-hydrogen) atoms. The lowest BCUT2D eigenvalue weighted by molar-refractivity contribution is -0.384. The second-order valence-electron chi connectivity index (χ2n) is 3.90. The molecule has 9 heteroatoms. The number of benzene rings is 1. The van der Waals surface area contributed by atoms with Gasteiger partial charge in [0.15, 0.2) is 0 Å². The Morgan fingerprint density at radius 1 is 1.38 bits per heavy atom. The summed E-state index contributed by atoms with van der Waals surface area (Å²) in [7, 11) is 0. The second-order valence-corrected chi connectivity index (χ2v) is 3.90. The number of nitriles is 1. The summed E-state index contributed by atoms with van der Waals surface area (Å²) in [6, 6.07) is 7.98. The minimum absolute atomic E-state index is 0.0428. The predicted molar refractivity (Wildman–Crippen MR) is 73.1 cm³/mol. The standard InChI is InChI=1S/C12H9FN6O2/c13-8-5-7(6-14)1-2-9(8)16-12-10(19(20)21)3-4-11(17-12)18-15/h1-5H,15H2,(H2,16,17,18). The number of hydrogen-bond acceptors (Lipinski definition) is 7. The fraction of sp³-hybridized carbons (Fsp3) is 0. The van der Waals surface area contributed by atoms with Crippen LogP contribution in [0.25, 0.3) is 0 Å². The van der Waals surface area contributed by atoms with Gasteiger partial charge in [-0.25, -0.2) is 15.2 Å². The molecule has 0 aliphatic carbocycles. The van der Waals surface area contributed by atoms with E-state index in [0.717, 1.165) is 6.07 Å². The third-order valence-electron chi connectivity index (χ3n) is 2.57. The molecule has 0 unspecified atom stereocenters. The quantitative estimate of drug-likeness (QED) is 0.445. The van der Waals surface area contributed by atoms with Gasteiger partial charge in [0, 0.05) is 6.07 Å². The lowest BCUT2D eigenvalue weighted by Gasteiger charge is -2.09. The van der Waals surface area contributed by atoms with Crippen molar-refractivity contribution >= 4 is 23.0 Å². The van der Waals surface area contributed by atoms with E-state index in [1.807, 2.05) is 0 Å². The van der Waals surface area contributed by atoms with Gasteiger partial charge >= 0.3 is 5.69 Å². The maximum Gasteiger partial charge on any atom is 0.311 e. The topological polar surface area (TPSA) is 130 Å². The molecule has 0 aliphatic heterocycles. The number of rotatable bonds is 4. The van der Waals surface area contributed by atoms with Crippen molar-refractivity contribution in [3.8, 4) is 6.07 Å². The van der Waals surface area contributed by atoms with E-state index >= 15 is 0 Å². The van der Waals surface area contributed by atoms with Crippen LogP contribution in [-0.2, 0) is 0 Å². The molecule has 2 aromatic rings. The number of hydrazine groups is 1. The Kier molecular flexibility index (Phi) is 3.92. The lowest BCUT2D eigenvalue weighted by atomic mass is 10.2. The van der Waals surface area contributed by atoms with Crippen LogP contribution in [0, 0.1) is 27.3 Å². The molecule has 1 aromatic heterocycles. The molecule has 0 atom stereocenters. The van der Waals surface area contributed by atoms with Gasteiger partial charge < -0.3 is 10.7 Å². The number of nitrogens with two attached hydrogens (primary N) is 1. The molecule has 4 N–H and O–H groups in total. The fourth-order valence-electron chi connectivity index (χ4n) is 1.59. The van der Waals surface area contributed by atoms with Gasteiger partial charge in [0.2, 0.25) is 5.82 Å². The molecular weight excluding hydrogens is 279 g/mol. The normalized spacial score (nSPS) is 9.76. The predicted octanol–water partition coefficient (Wildman–Crippen LogP) is 2.03. The van der Waals surface area contributed by atoms with Crippen LogP contribution in [-0.4, -0.2) is 9.91 Å². The van der Waals surface area contributed by atoms with Crippen molar-refractivity contribution < 1.29 is 9.31 Å². The average molecular weight is 288 g/mol. The summed E-state index contributed by atoms with van der Waals surface area (Å²) in [5.74, 6) is 4.47. The van der Waals surface area contributed by atoms with Crippen LogP contribution in [0.2, 0.25) is 0 Å². The van der Waals surface area contributed by atoms with Gasteiger partial charge in [-0.05, 0) is 24.3 Å². The number of aromatic nitrogens is 1. The van der Waals surface area contributed by atoms with Crippen LogP contribution >= 0.6 is 0 Å². The summed E-state index contributed by atoms with van der Waals surface area (Å²) in [6.07, 6.45) is 0. The second kappa shape index (κ2) is 5.81. The molecule has 0 spiro atoms. The van der Waals surface area contributed by atoms with Crippen LogP contribution in [0.5, 0.6) is 0 Å². The molecule has 0 bridgehead atoms. The Labute approximate surface area is 118 Å². The Hall–Kier alpha value is -3.25. The summed E-state index contributed by atoms with van der Waals surface area (Å²) < 4.78 is 13.8. The lowest BCUT2D eigenvalue weighted by Crippen LogP contribution is -2.10. The van der Waals surface area contributed by atoms with Gasteiger partial charge in [-0.1, -0.05) is 0 Å². The SMILES string of the molecule is N#Cc1ccc(Nc2nc(NN)ccc2[N+](=O)[O-])c(F)c1. The molecule has 1 heterocycles. The van der Waals surface area contributed by atoms with Crippen LogP contribution in [0.3, 0.4) is 0 Å². The van der Waals surface area contributed by atoms with Crippen molar-refractivity contribution in [1.82, 2.24) is 4.98 Å². The van der Waals surface area contributed by atoms with Crippen LogP contribution < -0.4 is 16.6 Å². The smallest absolute Gasteiger partial charge is 0.311 e. The van der Waals surface area contributed by atoms with Gasteiger partial charge in [0.05, 0.1) is 22.2 Å². The largest absolute Gasteiger partial charge is 0.332 e. The molecule has 0 aliphatic rings. The van der Waals surface area contributed by atoms with Crippen molar-refractivity contribution in [2.45, 2.75) is 0 Å². The number of anilines is 3. The number of nitrogen functional groups attached to an aromatic ring is 1. The molecule has 1 aromatic carbocycles. The maximum atomic E-state index is 13.8. The number of nitrogens with one attached hydrogen (secondary N) is 2. The first kappa shape index (κ1) is 14.2. The molecule has 0 saturated carbocycles.